The summed E-state index contributed by atoms with van der Waals surface area (Å²) in [4.78, 5) is 29.9. The van der Waals surface area contributed by atoms with E-state index < -0.39 is 28.5 Å². The van der Waals surface area contributed by atoms with Crippen molar-refractivity contribution in [2.24, 2.45) is 5.92 Å². The average Bonchev–Trinajstić information content (AvgIpc) is 3.01. The van der Waals surface area contributed by atoms with Gasteiger partial charge in [0.25, 0.3) is 10.0 Å². The van der Waals surface area contributed by atoms with E-state index in [0.29, 0.717) is 22.8 Å². The minimum absolute atomic E-state index is 0.0428. The standard InChI is InChI=1S/C35H37BrClN3O4S/c1-25(2)22-38-35(42)33(21-27-11-6-4-7-12-27)39(23-28-13-10-14-29(36)20-28)34(41)24-40(32-18-17-30(37)19-26(32)3)45(43,44)31-15-8-5-9-16-31/h4-20,25,33H,21-24H2,1-3H3,(H,38,42)/t33-/m1/s1. The number of nitrogens with zero attached hydrogens (tertiary/aromatic N) is 2. The number of hydrogen-bond donors (Lipinski definition) is 1. The molecule has 0 saturated heterocycles. The number of anilines is 1. The molecule has 4 aromatic rings. The van der Waals surface area contributed by atoms with Gasteiger partial charge >= 0.3 is 0 Å². The van der Waals surface area contributed by atoms with E-state index in [4.69, 9.17) is 11.6 Å². The Morgan fingerprint density at radius 2 is 1.51 bits per heavy atom. The Hall–Kier alpha value is -3.66. The fraction of sp³-hybridized carbons (Fsp3) is 0.257. The third kappa shape index (κ3) is 9.19. The van der Waals surface area contributed by atoms with Gasteiger partial charge in [-0.3, -0.25) is 13.9 Å². The van der Waals surface area contributed by atoms with Gasteiger partial charge in [0.05, 0.1) is 10.6 Å². The Bertz CT molecular complexity index is 1720. The zero-order chi connectivity index (χ0) is 32.6. The summed E-state index contributed by atoms with van der Waals surface area (Å²) >= 11 is 9.73. The molecule has 0 bridgehead atoms. The van der Waals surface area contributed by atoms with Crippen LogP contribution >= 0.6 is 27.5 Å². The van der Waals surface area contributed by atoms with E-state index in [2.05, 4.69) is 21.2 Å². The van der Waals surface area contributed by atoms with Crippen molar-refractivity contribution < 1.29 is 18.0 Å². The molecule has 0 heterocycles. The van der Waals surface area contributed by atoms with Crippen LogP contribution in [-0.4, -0.2) is 44.3 Å². The maximum Gasteiger partial charge on any atom is 0.264 e. The van der Waals surface area contributed by atoms with Crippen LogP contribution in [0.1, 0.15) is 30.5 Å². The fourth-order valence-electron chi connectivity index (χ4n) is 4.94. The Morgan fingerprint density at radius 1 is 0.867 bits per heavy atom. The van der Waals surface area contributed by atoms with Gasteiger partial charge in [0.1, 0.15) is 12.6 Å². The van der Waals surface area contributed by atoms with E-state index in [1.54, 1.807) is 43.3 Å². The van der Waals surface area contributed by atoms with Gasteiger partial charge in [-0.25, -0.2) is 8.42 Å². The molecule has 0 aliphatic carbocycles. The van der Waals surface area contributed by atoms with Gasteiger partial charge < -0.3 is 10.2 Å². The molecular weight excluding hydrogens is 674 g/mol. The molecule has 236 valence electrons. The molecule has 45 heavy (non-hydrogen) atoms. The second-order valence-electron chi connectivity index (χ2n) is 11.3. The fourth-order valence-corrected chi connectivity index (χ4v) is 7.11. The molecule has 7 nitrogen and oxygen atoms in total. The summed E-state index contributed by atoms with van der Waals surface area (Å²) in [5.74, 6) is -0.638. The van der Waals surface area contributed by atoms with Crippen molar-refractivity contribution in [1.82, 2.24) is 10.2 Å². The van der Waals surface area contributed by atoms with Gasteiger partial charge in [0, 0.05) is 29.0 Å². The van der Waals surface area contributed by atoms with Crippen LogP contribution in [-0.2, 0) is 32.6 Å². The largest absolute Gasteiger partial charge is 0.354 e. The highest BCUT2D eigenvalue weighted by Gasteiger charge is 2.35. The molecule has 10 heteroatoms. The van der Waals surface area contributed by atoms with Gasteiger partial charge in [-0.05, 0) is 72.0 Å². The second kappa shape index (κ2) is 15.6. The van der Waals surface area contributed by atoms with E-state index in [1.165, 1.54) is 17.0 Å². The summed E-state index contributed by atoms with van der Waals surface area (Å²) in [5, 5.41) is 3.45. The lowest BCUT2D eigenvalue weighted by atomic mass is 10.0. The third-order valence-corrected chi connectivity index (χ3v) is 9.74. The molecule has 0 saturated carbocycles. The van der Waals surface area contributed by atoms with Crippen LogP contribution < -0.4 is 9.62 Å². The number of amides is 2. The first kappa shape index (κ1) is 34.2. The SMILES string of the molecule is Cc1cc(Cl)ccc1N(CC(=O)N(Cc1cccc(Br)c1)[C@H](Cc1ccccc1)C(=O)NCC(C)C)S(=O)(=O)c1ccccc1. The lowest BCUT2D eigenvalue weighted by Crippen LogP contribution is -2.53. The first-order valence-electron chi connectivity index (χ1n) is 14.6. The smallest absolute Gasteiger partial charge is 0.264 e. The van der Waals surface area contributed by atoms with E-state index in [-0.39, 0.29) is 29.7 Å². The molecule has 0 fully saturated rings. The molecule has 4 rings (SSSR count). The van der Waals surface area contributed by atoms with Crippen molar-refractivity contribution in [1.29, 1.82) is 0 Å². The van der Waals surface area contributed by atoms with Crippen molar-refractivity contribution >= 4 is 55.1 Å². The molecule has 0 aliphatic heterocycles. The molecule has 1 atom stereocenters. The summed E-state index contributed by atoms with van der Waals surface area (Å²) in [5.41, 5.74) is 2.57. The number of nitrogens with one attached hydrogen (secondary N) is 1. The highest BCUT2D eigenvalue weighted by molar-refractivity contribution is 9.10. The minimum atomic E-state index is -4.19. The Morgan fingerprint density at radius 3 is 2.13 bits per heavy atom. The predicted molar refractivity (Wildman–Crippen MR) is 184 cm³/mol. The number of sulfonamides is 1. The van der Waals surface area contributed by atoms with Crippen molar-refractivity contribution in [3.05, 3.63) is 129 Å². The molecule has 0 aromatic heterocycles. The number of halogens is 2. The van der Waals surface area contributed by atoms with E-state index in [0.717, 1.165) is 19.9 Å². The Kier molecular flexibility index (Phi) is 11.8. The predicted octanol–water partition coefficient (Wildman–Crippen LogP) is 7.02. The van der Waals surface area contributed by atoms with Gasteiger partial charge in [0.2, 0.25) is 11.8 Å². The van der Waals surface area contributed by atoms with E-state index >= 15 is 0 Å². The first-order chi connectivity index (χ1) is 21.5. The number of rotatable bonds is 13. The number of hydrogen-bond acceptors (Lipinski definition) is 4. The van der Waals surface area contributed by atoms with Gasteiger partial charge in [-0.1, -0.05) is 102 Å². The van der Waals surface area contributed by atoms with Crippen molar-refractivity contribution in [2.45, 2.75) is 44.7 Å². The second-order valence-corrected chi connectivity index (χ2v) is 14.5. The van der Waals surface area contributed by atoms with Crippen LogP contribution in [0.15, 0.2) is 112 Å². The van der Waals surface area contributed by atoms with Gasteiger partial charge in [0.15, 0.2) is 0 Å². The van der Waals surface area contributed by atoms with Crippen molar-refractivity contribution in [3.63, 3.8) is 0 Å². The number of benzene rings is 4. The molecule has 0 aliphatic rings. The minimum Gasteiger partial charge on any atom is -0.354 e. The maximum atomic E-state index is 14.5. The van der Waals surface area contributed by atoms with Crippen LogP contribution in [0.4, 0.5) is 5.69 Å². The third-order valence-electron chi connectivity index (χ3n) is 7.24. The Balaban J connectivity index is 1.82. The monoisotopic (exact) mass is 709 g/mol. The summed E-state index contributed by atoms with van der Waals surface area (Å²) in [6, 6.07) is 28.9. The quantitative estimate of drug-likeness (QED) is 0.162. The number of carbonyl (C=O) groups excluding carboxylic acids is 2. The molecule has 0 unspecified atom stereocenters. The van der Waals surface area contributed by atoms with E-state index in [1.807, 2.05) is 68.4 Å². The van der Waals surface area contributed by atoms with Crippen LogP contribution in [0.5, 0.6) is 0 Å². The first-order valence-corrected chi connectivity index (χ1v) is 17.3. The van der Waals surface area contributed by atoms with Crippen LogP contribution in [0, 0.1) is 12.8 Å². The maximum absolute atomic E-state index is 14.5. The zero-order valence-electron chi connectivity index (χ0n) is 25.5. The normalized spacial score (nSPS) is 12.0. The number of aryl methyl sites for hydroxylation is 1. The van der Waals surface area contributed by atoms with E-state index in [9.17, 15) is 18.0 Å². The molecule has 2 amide bonds. The molecule has 0 spiro atoms. The molecule has 1 N–H and O–H groups in total. The van der Waals surface area contributed by atoms with Crippen molar-refractivity contribution in [2.75, 3.05) is 17.4 Å². The zero-order valence-corrected chi connectivity index (χ0v) is 28.6. The van der Waals surface area contributed by atoms with Crippen LogP contribution in [0.2, 0.25) is 5.02 Å². The Labute approximate surface area is 279 Å². The highest BCUT2D eigenvalue weighted by Crippen LogP contribution is 2.30. The lowest BCUT2D eigenvalue weighted by Gasteiger charge is -2.34. The average molecular weight is 711 g/mol. The molecular formula is C35H37BrClN3O4S. The summed E-state index contributed by atoms with van der Waals surface area (Å²) in [7, 11) is -4.19. The highest BCUT2D eigenvalue weighted by atomic mass is 79.9. The lowest BCUT2D eigenvalue weighted by molar-refractivity contribution is -0.140. The number of carbonyl (C=O) groups is 2. The molecule has 4 aromatic carbocycles. The topological polar surface area (TPSA) is 86.8 Å². The summed E-state index contributed by atoms with van der Waals surface area (Å²) in [6.07, 6.45) is 0.246. The van der Waals surface area contributed by atoms with Crippen molar-refractivity contribution in [3.8, 4) is 0 Å². The summed E-state index contributed by atoms with van der Waals surface area (Å²) < 4.78 is 30.2. The van der Waals surface area contributed by atoms with Gasteiger partial charge in [-0.15, -0.1) is 0 Å². The van der Waals surface area contributed by atoms with Gasteiger partial charge in [-0.2, -0.15) is 0 Å². The molecule has 0 radical (unpaired) electrons. The van der Waals surface area contributed by atoms with Crippen LogP contribution in [0.3, 0.4) is 0 Å². The van der Waals surface area contributed by atoms with Crippen LogP contribution in [0.25, 0.3) is 0 Å². The summed E-state index contributed by atoms with van der Waals surface area (Å²) in [6.45, 7) is 5.73.